The summed E-state index contributed by atoms with van der Waals surface area (Å²) in [4.78, 5) is 5.34. The SMILES string of the molecule is C=C/C(C)=C(/CCC)C(=C)C.CC.CC.CCCCCC(C)/C(C=NC1(/C(C)=C(/C=C\N)c2ccccc2CC2CC2)CC1)=C/C=C(\CC)CCC. The number of benzene rings is 1. The molecular weight excluding hydrogens is 629 g/mol. The number of hydrogen-bond acceptors (Lipinski definition) is 2. The fraction of sp³-hybridized carbons (Fsp3) is 0.580. The van der Waals surface area contributed by atoms with Gasteiger partial charge in [0.2, 0.25) is 0 Å². The highest BCUT2D eigenvalue weighted by atomic mass is 14.9. The zero-order valence-corrected chi connectivity index (χ0v) is 36.3. The number of rotatable bonds is 20. The molecule has 2 heteroatoms. The minimum Gasteiger partial charge on any atom is -0.405 e. The Balaban J connectivity index is 0.00000147. The molecule has 292 valence electrons. The Bertz CT molecular complexity index is 1350. The summed E-state index contributed by atoms with van der Waals surface area (Å²) >= 11 is 0. The maximum absolute atomic E-state index is 5.99. The average molecular weight is 711 g/mol. The molecule has 1 aromatic carbocycles. The molecule has 0 spiro atoms. The van der Waals surface area contributed by atoms with Gasteiger partial charge in [0.05, 0.1) is 5.54 Å². The lowest BCUT2D eigenvalue weighted by Gasteiger charge is -2.19. The van der Waals surface area contributed by atoms with Crippen molar-refractivity contribution >= 4 is 11.8 Å². The number of nitrogens with zero attached hydrogens (tertiary/aromatic N) is 1. The lowest BCUT2D eigenvalue weighted by molar-refractivity contribution is 0.566. The molecule has 0 saturated heterocycles. The van der Waals surface area contributed by atoms with Crippen molar-refractivity contribution in [3.63, 3.8) is 0 Å². The molecule has 0 aromatic heterocycles. The maximum atomic E-state index is 5.99. The third kappa shape index (κ3) is 17.6. The van der Waals surface area contributed by atoms with Crippen LogP contribution in [-0.4, -0.2) is 11.8 Å². The minimum atomic E-state index is -0.0928. The Morgan fingerprint density at radius 1 is 0.923 bits per heavy atom. The molecule has 2 fully saturated rings. The molecule has 1 unspecified atom stereocenters. The second-order valence-electron chi connectivity index (χ2n) is 14.4. The van der Waals surface area contributed by atoms with E-state index in [2.05, 4.69) is 117 Å². The normalized spacial score (nSPS) is 16.7. The third-order valence-corrected chi connectivity index (χ3v) is 10.2. The van der Waals surface area contributed by atoms with Crippen LogP contribution >= 0.6 is 0 Å². The smallest absolute Gasteiger partial charge is 0.0825 e. The summed E-state index contributed by atoms with van der Waals surface area (Å²) in [5.41, 5.74) is 18.0. The van der Waals surface area contributed by atoms with Crippen LogP contribution in [0.1, 0.15) is 178 Å². The van der Waals surface area contributed by atoms with E-state index in [1.807, 2.05) is 33.8 Å². The van der Waals surface area contributed by atoms with E-state index in [1.54, 1.807) is 6.20 Å². The van der Waals surface area contributed by atoms with E-state index in [4.69, 9.17) is 10.7 Å². The molecule has 1 aromatic rings. The van der Waals surface area contributed by atoms with Crippen LogP contribution in [0.3, 0.4) is 0 Å². The third-order valence-electron chi connectivity index (χ3n) is 10.2. The predicted octanol–water partition coefficient (Wildman–Crippen LogP) is 15.7. The highest BCUT2D eigenvalue weighted by Crippen LogP contribution is 2.49. The van der Waals surface area contributed by atoms with Gasteiger partial charge in [0.15, 0.2) is 0 Å². The van der Waals surface area contributed by atoms with E-state index < -0.39 is 0 Å². The van der Waals surface area contributed by atoms with Gasteiger partial charge in [-0.05, 0) is 142 Å². The Morgan fingerprint density at radius 2 is 1.56 bits per heavy atom. The van der Waals surface area contributed by atoms with Gasteiger partial charge in [-0.1, -0.05) is 161 Å². The van der Waals surface area contributed by atoms with Crippen LogP contribution in [0.25, 0.3) is 5.57 Å². The lowest BCUT2D eigenvalue weighted by Crippen LogP contribution is -2.12. The van der Waals surface area contributed by atoms with Gasteiger partial charge in [-0.3, -0.25) is 4.99 Å². The van der Waals surface area contributed by atoms with E-state index in [9.17, 15) is 0 Å². The second-order valence-corrected chi connectivity index (χ2v) is 14.4. The zero-order valence-electron chi connectivity index (χ0n) is 36.3. The Hall–Kier alpha value is -3.13. The first-order valence-electron chi connectivity index (χ1n) is 21.2. The maximum Gasteiger partial charge on any atom is 0.0825 e. The highest BCUT2D eigenvalue weighted by Gasteiger charge is 2.45. The van der Waals surface area contributed by atoms with Gasteiger partial charge in [0, 0.05) is 6.21 Å². The molecule has 0 aliphatic heterocycles. The van der Waals surface area contributed by atoms with Crippen LogP contribution in [0, 0.1) is 11.8 Å². The molecule has 0 radical (unpaired) electrons. The molecule has 0 bridgehead atoms. The van der Waals surface area contributed by atoms with Crippen molar-refractivity contribution in [2.45, 2.75) is 179 Å². The van der Waals surface area contributed by atoms with Gasteiger partial charge in [0.25, 0.3) is 0 Å². The summed E-state index contributed by atoms with van der Waals surface area (Å²) < 4.78 is 0. The van der Waals surface area contributed by atoms with Gasteiger partial charge < -0.3 is 5.73 Å². The molecule has 1 atom stereocenters. The molecule has 3 rings (SSSR count). The predicted molar refractivity (Wildman–Crippen MR) is 239 cm³/mol. The van der Waals surface area contributed by atoms with Crippen molar-refractivity contribution < 1.29 is 0 Å². The first-order valence-corrected chi connectivity index (χ1v) is 21.2. The fourth-order valence-corrected chi connectivity index (χ4v) is 6.51. The van der Waals surface area contributed by atoms with E-state index in [0.29, 0.717) is 5.92 Å². The molecule has 2 nitrogen and oxygen atoms in total. The van der Waals surface area contributed by atoms with Crippen LogP contribution in [0.5, 0.6) is 0 Å². The summed E-state index contributed by atoms with van der Waals surface area (Å²) in [6.07, 6.45) is 29.7. The Labute approximate surface area is 324 Å². The van der Waals surface area contributed by atoms with Crippen molar-refractivity contribution in [1.29, 1.82) is 0 Å². The van der Waals surface area contributed by atoms with E-state index in [1.165, 1.54) is 114 Å². The van der Waals surface area contributed by atoms with Crippen molar-refractivity contribution in [3.8, 4) is 0 Å². The van der Waals surface area contributed by atoms with Crippen molar-refractivity contribution in [2.75, 3.05) is 0 Å². The van der Waals surface area contributed by atoms with E-state index in [-0.39, 0.29) is 5.54 Å². The molecule has 0 amide bonds. The molecule has 2 saturated carbocycles. The zero-order chi connectivity index (χ0) is 39.5. The molecule has 2 aliphatic carbocycles. The summed E-state index contributed by atoms with van der Waals surface area (Å²) in [7, 11) is 0. The van der Waals surface area contributed by atoms with Gasteiger partial charge >= 0.3 is 0 Å². The Kier molecular flexibility index (Phi) is 26.7. The van der Waals surface area contributed by atoms with Gasteiger partial charge in [-0.2, -0.15) is 0 Å². The van der Waals surface area contributed by atoms with E-state index in [0.717, 1.165) is 31.6 Å². The molecule has 2 N–H and O–H groups in total. The highest BCUT2D eigenvalue weighted by molar-refractivity contribution is 5.83. The number of unbranched alkanes of at least 4 members (excludes halogenated alkanes) is 2. The number of allylic oxidation sites excluding steroid dienone is 10. The van der Waals surface area contributed by atoms with Crippen molar-refractivity contribution in [3.05, 3.63) is 112 Å². The first-order chi connectivity index (χ1) is 25.1. The topological polar surface area (TPSA) is 38.4 Å². The second kappa shape index (κ2) is 28.4. The standard InChI is InChI=1S/C35H52N2.C11H18.2C2H6/c1-6-9-10-14-27(4)32(20-19-29(8-3)13-7-2)26-37-35(22-23-35)28(5)33(21-24-36)34-16-12-11-15-31(34)25-30-17-18-30;1-6-8-11(9(3)4)10(5)7-2;2*1-2/h11-12,15-16,19-21,24,26-27,30H,6-10,13-14,17-18,22-23,25,36H2,1-5H3;7H,2-3,6,8H2,1,4-5H3;2*1-2H3/b24-21-,29-19+,32-20+,33-28-,37-26?;11-10-;;. The molecule has 0 heterocycles. The summed E-state index contributed by atoms with van der Waals surface area (Å²) in [5.74, 6) is 1.38. The van der Waals surface area contributed by atoms with Crippen LogP contribution in [0.4, 0.5) is 0 Å². The van der Waals surface area contributed by atoms with E-state index >= 15 is 0 Å². The average Bonchev–Trinajstić information content (AvgIpc) is 4.11. The molecular formula is C50H82N2. The van der Waals surface area contributed by atoms with Gasteiger partial charge in [-0.25, -0.2) is 0 Å². The molecule has 52 heavy (non-hydrogen) atoms. The van der Waals surface area contributed by atoms with Gasteiger partial charge in [0.1, 0.15) is 0 Å². The monoisotopic (exact) mass is 711 g/mol. The number of aliphatic imine (C=N–C) groups is 1. The van der Waals surface area contributed by atoms with Crippen molar-refractivity contribution in [2.24, 2.45) is 22.6 Å². The minimum absolute atomic E-state index is 0.0928. The number of hydrogen-bond donors (Lipinski definition) is 1. The first kappa shape index (κ1) is 48.9. The van der Waals surface area contributed by atoms with Crippen LogP contribution in [0.15, 0.2) is 106 Å². The molecule has 2 aliphatic rings. The van der Waals surface area contributed by atoms with Crippen LogP contribution in [0.2, 0.25) is 0 Å². The largest absolute Gasteiger partial charge is 0.405 e. The van der Waals surface area contributed by atoms with Crippen LogP contribution < -0.4 is 5.73 Å². The van der Waals surface area contributed by atoms with Crippen LogP contribution in [-0.2, 0) is 6.42 Å². The van der Waals surface area contributed by atoms with Gasteiger partial charge in [-0.15, -0.1) is 0 Å². The van der Waals surface area contributed by atoms with Crippen molar-refractivity contribution in [1.82, 2.24) is 0 Å². The lowest BCUT2D eigenvalue weighted by atomic mass is 9.89. The summed E-state index contributed by atoms with van der Waals surface area (Å²) in [6, 6.07) is 8.93. The summed E-state index contributed by atoms with van der Waals surface area (Å²) in [6.45, 7) is 33.5. The summed E-state index contributed by atoms with van der Waals surface area (Å²) in [5, 5.41) is 0. The quantitative estimate of drug-likeness (QED) is 0.0816. The fourth-order valence-electron chi connectivity index (χ4n) is 6.51. The number of nitrogens with two attached hydrogens (primary N) is 1. The Morgan fingerprint density at radius 3 is 2.06 bits per heavy atom.